The summed E-state index contributed by atoms with van der Waals surface area (Å²) < 4.78 is 28.4. The van der Waals surface area contributed by atoms with Crippen LogP contribution in [0.4, 0.5) is 0 Å². The first-order valence-electron chi connectivity index (χ1n) is 7.17. The second-order valence-corrected chi connectivity index (χ2v) is 6.82. The van der Waals surface area contributed by atoms with Gasteiger partial charge in [0.1, 0.15) is 5.75 Å². The Morgan fingerprint density at radius 2 is 1.71 bits per heavy atom. The highest BCUT2D eigenvalue weighted by Crippen LogP contribution is 2.51. The van der Waals surface area contributed by atoms with Crippen LogP contribution in [0.1, 0.15) is 39.7 Å². The van der Waals surface area contributed by atoms with Gasteiger partial charge >= 0.3 is 7.82 Å². The predicted octanol–water partition coefficient (Wildman–Crippen LogP) is 3.91. The van der Waals surface area contributed by atoms with Gasteiger partial charge in [-0.25, -0.2) is 4.57 Å². The number of rotatable bonds is 9. The smallest absolute Gasteiger partial charge is 0.404 e. The number of para-hydroxylation sites is 1. The highest BCUT2D eigenvalue weighted by atomic mass is 31.2. The Morgan fingerprint density at radius 1 is 1.14 bits per heavy atom. The highest BCUT2D eigenvalue weighted by molar-refractivity contribution is 7.48. The molecule has 0 heterocycles. The molecule has 0 aliphatic carbocycles. The Labute approximate surface area is 126 Å². The number of hydrogen-bond acceptors (Lipinski definition) is 5. The summed E-state index contributed by atoms with van der Waals surface area (Å²) in [6.07, 6.45) is 0.570. The van der Waals surface area contributed by atoms with Gasteiger partial charge < -0.3 is 9.63 Å². The Kier molecular flexibility index (Phi) is 6.88. The third kappa shape index (κ3) is 5.11. The van der Waals surface area contributed by atoms with Crippen LogP contribution >= 0.6 is 7.82 Å². The molecule has 1 aromatic rings. The summed E-state index contributed by atoms with van der Waals surface area (Å²) in [5.41, 5.74) is 0.549. The molecule has 6 heteroatoms. The zero-order chi connectivity index (χ0) is 15.9. The van der Waals surface area contributed by atoms with Crippen molar-refractivity contribution in [2.45, 2.75) is 39.5 Å². The summed E-state index contributed by atoms with van der Waals surface area (Å²) in [6.45, 7) is 8.00. The second-order valence-electron chi connectivity index (χ2n) is 5.23. The van der Waals surface area contributed by atoms with Gasteiger partial charge in [-0.2, -0.15) is 0 Å². The molecule has 0 aliphatic heterocycles. The Bertz CT molecular complexity index is 477. The van der Waals surface area contributed by atoms with Crippen molar-refractivity contribution < 1.29 is 23.2 Å². The molecule has 1 aromatic carbocycles. The van der Waals surface area contributed by atoms with Gasteiger partial charge in [-0.3, -0.25) is 9.05 Å². The van der Waals surface area contributed by atoms with Crippen LogP contribution in [-0.2, 0) is 19.0 Å². The van der Waals surface area contributed by atoms with Gasteiger partial charge in [0.25, 0.3) is 0 Å². The van der Waals surface area contributed by atoms with Crippen molar-refractivity contribution in [2.24, 2.45) is 0 Å². The molecule has 1 N–H and O–H groups in total. The number of hydrogen-bond donors (Lipinski definition) is 1. The molecule has 21 heavy (non-hydrogen) atoms. The minimum atomic E-state index is -3.62. The molecule has 0 bridgehead atoms. The quantitative estimate of drug-likeness (QED) is 0.700. The molecule has 120 valence electrons. The van der Waals surface area contributed by atoms with Gasteiger partial charge in [-0.05, 0) is 31.7 Å². The van der Waals surface area contributed by atoms with Crippen molar-refractivity contribution in [2.75, 3.05) is 19.8 Å². The topological polar surface area (TPSA) is 65.0 Å². The van der Waals surface area contributed by atoms with Crippen molar-refractivity contribution in [1.82, 2.24) is 0 Å². The maximum Gasteiger partial charge on any atom is 0.530 e. The maximum absolute atomic E-state index is 12.5. The third-order valence-corrected chi connectivity index (χ3v) is 4.71. The van der Waals surface area contributed by atoms with E-state index >= 15 is 0 Å². The molecule has 0 aliphatic rings. The minimum Gasteiger partial charge on any atom is -0.404 e. The first-order chi connectivity index (χ1) is 9.88. The monoisotopic (exact) mass is 316 g/mol. The van der Waals surface area contributed by atoms with Crippen LogP contribution in [-0.4, -0.2) is 24.9 Å². The lowest BCUT2D eigenvalue weighted by atomic mass is 9.81. The van der Waals surface area contributed by atoms with Crippen molar-refractivity contribution in [3.05, 3.63) is 29.8 Å². The first-order valence-corrected chi connectivity index (χ1v) is 8.63. The number of benzene rings is 1. The molecule has 0 unspecified atom stereocenters. The third-order valence-electron chi connectivity index (χ3n) is 3.14. The molecule has 0 saturated heterocycles. The average Bonchev–Trinajstić information content (AvgIpc) is 2.39. The van der Waals surface area contributed by atoms with E-state index < -0.39 is 7.82 Å². The SMILES string of the molecule is CCOP(=O)(OCC)Oc1ccccc1C(C)(C)CCO. The van der Waals surface area contributed by atoms with E-state index in [1.807, 2.05) is 26.0 Å². The average molecular weight is 316 g/mol. The summed E-state index contributed by atoms with van der Waals surface area (Å²) in [4.78, 5) is 0. The number of aliphatic hydroxyl groups excluding tert-OH is 1. The molecule has 0 fully saturated rings. The van der Waals surface area contributed by atoms with Crippen LogP contribution in [0.3, 0.4) is 0 Å². The molecule has 0 saturated carbocycles. The van der Waals surface area contributed by atoms with Gasteiger partial charge in [-0.1, -0.05) is 32.0 Å². The van der Waals surface area contributed by atoms with Crippen LogP contribution in [0.25, 0.3) is 0 Å². The maximum atomic E-state index is 12.5. The molecule has 0 amide bonds. The van der Waals surface area contributed by atoms with Crippen LogP contribution in [0.2, 0.25) is 0 Å². The molecular formula is C15H25O5P. The fourth-order valence-electron chi connectivity index (χ4n) is 2.05. The van der Waals surface area contributed by atoms with E-state index in [1.54, 1.807) is 26.0 Å². The van der Waals surface area contributed by atoms with E-state index in [9.17, 15) is 9.67 Å². The fraction of sp³-hybridized carbons (Fsp3) is 0.600. The van der Waals surface area contributed by atoms with E-state index in [0.29, 0.717) is 12.2 Å². The lowest BCUT2D eigenvalue weighted by Crippen LogP contribution is -2.20. The lowest BCUT2D eigenvalue weighted by Gasteiger charge is -2.28. The van der Waals surface area contributed by atoms with Crippen LogP contribution in [0.15, 0.2) is 24.3 Å². The summed E-state index contributed by atoms with van der Waals surface area (Å²) in [5, 5.41) is 9.21. The molecule has 5 nitrogen and oxygen atoms in total. The number of phosphoric acid groups is 1. The van der Waals surface area contributed by atoms with Crippen molar-refractivity contribution in [1.29, 1.82) is 0 Å². The van der Waals surface area contributed by atoms with Crippen LogP contribution < -0.4 is 4.52 Å². The zero-order valence-corrected chi connectivity index (χ0v) is 14.1. The summed E-state index contributed by atoms with van der Waals surface area (Å²) in [7, 11) is -3.62. The van der Waals surface area contributed by atoms with Gasteiger partial charge in [0.2, 0.25) is 0 Å². The number of phosphoric ester groups is 1. The van der Waals surface area contributed by atoms with Gasteiger partial charge in [0.15, 0.2) is 0 Å². The predicted molar refractivity (Wildman–Crippen MR) is 82.7 cm³/mol. The van der Waals surface area contributed by atoms with E-state index in [1.165, 1.54) is 0 Å². The van der Waals surface area contributed by atoms with E-state index in [0.717, 1.165) is 5.56 Å². The lowest BCUT2D eigenvalue weighted by molar-refractivity contribution is 0.166. The first kappa shape index (κ1) is 18.2. The molecule has 1 rings (SSSR count). The molecule has 0 aromatic heterocycles. The summed E-state index contributed by atoms with van der Waals surface area (Å²) in [5.74, 6) is 0.459. The number of aliphatic hydroxyl groups is 1. The van der Waals surface area contributed by atoms with Gasteiger partial charge in [0.05, 0.1) is 13.2 Å². The molecular weight excluding hydrogens is 291 g/mol. The van der Waals surface area contributed by atoms with Crippen LogP contribution in [0, 0.1) is 0 Å². The van der Waals surface area contributed by atoms with E-state index in [-0.39, 0.29) is 25.2 Å². The largest absolute Gasteiger partial charge is 0.530 e. The summed E-state index contributed by atoms with van der Waals surface area (Å²) >= 11 is 0. The van der Waals surface area contributed by atoms with Crippen molar-refractivity contribution in [3.63, 3.8) is 0 Å². The van der Waals surface area contributed by atoms with Crippen LogP contribution in [0.5, 0.6) is 5.75 Å². The van der Waals surface area contributed by atoms with E-state index in [4.69, 9.17) is 13.6 Å². The molecule has 0 spiro atoms. The second kappa shape index (κ2) is 7.95. The van der Waals surface area contributed by atoms with Gasteiger partial charge in [0, 0.05) is 12.2 Å². The fourth-order valence-corrected chi connectivity index (χ4v) is 3.26. The standard InChI is InChI=1S/C15H25O5P/c1-5-18-21(17,19-6-2)20-14-10-8-7-9-13(14)15(3,4)11-12-16/h7-10,16H,5-6,11-12H2,1-4H3. The normalized spacial score (nSPS) is 12.4. The zero-order valence-electron chi connectivity index (χ0n) is 13.2. The molecule has 0 radical (unpaired) electrons. The summed E-state index contributed by atoms with van der Waals surface area (Å²) in [6, 6.07) is 7.32. The van der Waals surface area contributed by atoms with Crippen molar-refractivity contribution >= 4 is 7.82 Å². The Hall–Kier alpha value is -0.870. The Morgan fingerprint density at radius 3 is 2.24 bits per heavy atom. The van der Waals surface area contributed by atoms with Gasteiger partial charge in [-0.15, -0.1) is 0 Å². The van der Waals surface area contributed by atoms with Crippen molar-refractivity contribution in [3.8, 4) is 5.75 Å². The Balaban J connectivity index is 3.11. The van der Waals surface area contributed by atoms with E-state index in [2.05, 4.69) is 0 Å². The minimum absolute atomic E-state index is 0.0654. The highest BCUT2D eigenvalue weighted by Gasteiger charge is 2.31. The molecule has 0 atom stereocenters.